The second kappa shape index (κ2) is 11.8. The second-order valence-electron chi connectivity index (χ2n) is 7.93. The second-order valence-corrected chi connectivity index (χ2v) is 7.93. The third-order valence-electron chi connectivity index (χ3n) is 5.52. The van der Waals surface area contributed by atoms with Crippen LogP contribution in [0.25, 0.3) is 0 Å². The number of carbonyl (C=O) groups excluding carboxylic acids is 3. The van der Waals surface area contributed by atoms with E-state index in [-0.39, 0.29) is 13.0 Å². The number of carboxylic acids is 1. The highest BCUT2D eigenvalue weighted by atomic mass is 16.5. The molecule has 35 heavy (non-hydrogen) atoms. The lowest BCUT2D eigenvalue weighted by molar-refractivity contribution is -0.135. The number of hydrogen-bond donors (Lipinski definition) is 1. The van der Waals surface area contributed by atoms with E-state index >= 15 is 0 Å². The van der Waals surface area contributed by atoms with Gasteiger partial charge in [-0.05, 0) is 54.8 Å². The van der Waals surface area contributed by atoms with Crippen molar-refractivity contribution in [3.8, 4) is 11.5 Å². The minimum Gasteiger partial charge on any atom is -0.497 e. The van der Waals surface area contributed by atoms with E-state index in [4.69, 9.17) is 14.6 Å². The van der Waals surface area contributed by atoms with Crippen molar-refractivity contribution in [2.75, 3.05) is 25.2 Å². The van der Waals surface area contributed by atoms with Crippen molar-refractivity contribution >= 4 is 29.4 Å². The first-order valence-electron chi connectivity index (χ1n) is 11.3. The molecule has 2 aromatic carbocycles. The summed E-state index contributed by atoms with van der Waals surface area (Å²) >= 11 is 0. The zero-order valence-electron chi connectivity index (χ0n) is 19.7. The SMILES string of the molecule is CCCOc1ccc(N2C(=O)C[C@H](N(CCc3ccc(OC)cc3)C(=O)/C=C/C(=O)O)C2=O)cc1. The Morgan fingerprint density at radius 1 is 1.06 bits per heavy atom. The van der Waals surface area contributed by atoms with Crippen LogP contribution < -0.4 is 14.4 Å². The van der Waals surface area contributed by atoms with E-state index < -0.39 is 29.7 Å². The summed E-state index contributed by atoms with van der Waals surface area (Å²) in [6.45, 7) is 2.66. The van der Waals surface area contributed by atoms with Crippen molar-refractivity contribution in [3.05, 3.63) is 66.2 Å². The van der Waals surface area contributed by atoms with Gasteiger partial charge in [0.05, 0.1) is 25.8 Å². The zero-order valence-corrected chi connectivity index (χ0v) is 19.7. The van der Waals surface area contributed by atoms with Gasteiger partial charge in [-0.15, -0.1) is 0 Å². The van der Waals surface area contributed by atoms with Crippen LogP contribution in [0, 0.1) is 0 Å². The Balaban J connectivity index is 1.80. The van der Waals surface area contributed by atoms with Crippen LogP contribution >= 0.6 is 0 Å². The minimum atomic E-state index is -1.28. The van der Waals surface area contributed by atoms with Gasteiger partial charge < -0.3 is 19.5 Å². The largest absolute Gasteiger partial charge is 0.497 e. The zero-order chi connectivity index (χ0) is 25.4. The van der Waals surface area contributed by atoms with Crippen molar-refractivity contribution in [2.45, 2.75) is 32.2 Å². The number of nitrogens with zero attached hydrogens (tertiary/aromatic N) is 2. The molecule has 1 saturated heterocycles. The Morgan fingerprint density at radius 3 is 2.31 bits per heavy atom. The van der Waals surface area contributed by atoms with Crippen molar-refractivity contribution in [1.29, 1.82) is 0 Å². The van der Waals surface area contributed by atoms with E-state index in [2.05, 4.69) is 0 Å². The number of carboxylic acid groups (broad SMARTS) is 1. The molecule has 1 atom stereocenters. The maximum absolute atomic E-state index is 13.3. The first kappa shape index (κ1) is 25.5. The highest BCUT2D eigenvalue weighted by Crippen LogP contribution is 2.28. The van der Waals surface area contributed by atoms with E-state index in [1.165, 1.54) is 4.90 Å². The fraction of sp³-hybridized carbons (Fsp3) is 0.308. The molecule has 2 aromatic rings. The molecule has 1 aliphatic rings. The summed E-state index contributed by atoms with van der Waals surface area (Å²) in [6.07, 6.45) is 2.68. The Kier molecular flexibility index (Phi) is 8.61. The van der Waals surface area contributed by atoms with Gasteiger partial charge in [-0.2, -0.15) is 0 Å². The Hall–Kier alpha value is -4.14. The van der Waals surface area contributed by atoms with Crippen molar-refractivity contribution in [3.63, 3.8) is 0 Å². The number of rotatable bonds is 11. The number of imide groups is 1. The predicted octanol–water partition coefficient (Wildman–Crippen LogP) is 2.83. The molecule has 9 nitrogen and oxygen atoms in total. The number of ether oxygens (including phenoxy) is 2. The number of anilines is 1. The van der Waals surface area contributed by atoms with Gasteiger partial charge in [-0.25, -0.2) is 9.69 Å². The first-order valence-corrected chi connectivity index (χ1v) is 11.3. The maximum Gasteiger partial charge on any atom is 0.328 e. The fourth-order valence-corrected chi connectivity index (χ4v) is 3.74. The summed E-state index contributed by atoms with van der Waals surface area (Å²) in [5.41, 5.74) is 1.28. The highest BCUT2D eigenvalue weighted by Gasteiger charge is 2.43. The Bertz CT molecular complexity index is 1090. The lowest BCUT2D eigenvalue weighted by atomic mass is 10.1. The molecule has 1 heterocycles. The first-order chi connectivity index (χ1) is 16.8. The summed E-state index contributed by atoms with van der Waals surface area (Å²) in [5, 5.41) is 8.92. The van der Waals surface area contributed by atoms with Gasteiger partial charge >= 0.3 is 5.97 Å². The molecule has 3 amide bonds. The molecule has 1 aliphatic heterocycles. The number of amides is 3. The molecule has 0 saturated carbocycles. The Morgan fingerprint density at radius 2 is 1.71 bits per heavy atom. The van der Waals surface area contributed by atoms with Gasteiger partial charge in [-0.3, -0.25) is 14.4 Å². The van der Waals surface area contributed by atoms with Crippen LogP contribution in [0.2, 0.25) is 0 Å². The van der Waals surface area contributed by atoms with Crippen molar-refractivity contribution in [1.82, 2.24) is 4.90 Å². The van der Waals surface area contributed by atoms with Gasteiger partial charge in [0.25, 0.3) is 5.91 Å². The van der Waals surface area contributed by atoms with Crippen molar-refractivity contribution in [2.24, 2.45) is 0 Å². The van der Waals surface area contributed by atoms with E-state index in [9.17, 15) is 19.2 Å². The fourth-order valence-electron chi connectivity index (χ4n) is 3.74. The third kappa shape index (κ3) is 6.47. The average molecular weight is 481 g/mol. The molecule has 0 spiro atoms. The molecule has 0 aliphatic carbocycles. The molecule has 0 bridgehead atoms. The molecular weight excluding hydrogens is 452 g/mol. The van der Waals surface area contributed by atoms with Crippen LogP contribution in [0.15, 0.2) is 60.7 Å². The van der Waals surface area contributed by atoms with Crippen LogP contribution in [-0.2, 0) is 25.6 Å². The molecule has 1 N–H and O–H groups in total. The van der Waals surface area contributed by atoms with Gasteiger partial charge in [-0.1, -0.05) is 19.1 Å². The standard InChI is InChI=1S/C26H28N2O7/c1-3-16-35-21-10-6-19(7-11-21)28-24(30)17-22(26(28)33)27(23(29)12-13-25(31)32)15-14-18-4-8-20(34-2)9-5-18/h4-13,22H,3,14-17H2,1-2H3,(H,31,32)/b13-12+/t22-/m0/s1. The molecule has 184 valence electrons. The predicted molar refractivity (Wildman–Crippen MR) is 128 cm³/mol. The number of aliphatic carboxylic acids is 1. The lowest BCUT2D eigenvalue weighted by Crippen LogP contribution is -2.46. The van der Waals surface area contributed by atoms with Crippen molar-refractivity contribution < 1.29 is 33.8 Å². The normalized spacial score (nSPS) is 15.5. The van der Waals surface area contributed by atoms with Gasteiger partial charge in [0, 0.05) is 18.7 Å². The molecule has 9 heteroatoms. The molecule has 0 unspecified atom stereocenters. The smallest absolute Gasteiger partial charge is 0.328 e. The van der Waals surface area contributed by atoms with Crippen LogP contribution in [-0.4, -0.2) is 60.0 Å². The molecular formula is C26H28N2O7. The van der Waals surface area contributed by atoms with Crippen LogP contribution in [0.5, 0.6) is 11.5 Å². The Labute approximate surface area is 203 Å². The monoisotopic (exact) mass is 480 g/mol. The maximum atomic E-state index is 13.3. The average Bonchev–Trinajstić information content (AvgIpc) is 3.15. The summed E-state index contributed by atoms with van der Waals surface area (Å²) < 4.78 is 10.7. The van der Waals surface area contributed by atoms with Crippen LogP contribution in [0.4, 0.5) is 5.69 Å². The number of carbonyl (C=O) groups is 4. The summed E-state index contributed by atoms with van der Waals surface area (Å²) in [6, 6.07) is 12.8. The molecule has 1 fully saturated rings. The third-order valence-corrected chi connectivity index (χ3v) is 5.52. The van der Waals surface area contributed by atoms with E-state index in [1.807, 2.05) is 19.1 Å². The molecule has 0 aromatic heterocycles. The molecule has 0 radical (unpaired) electrons. The van der Waals surface area contributed by atoms with Gasteiger partial charge in [0.15, 0.2) is 0 Å². The topological polar surface area (TPSA) is 113 Å². The summed E-state index contributed by atoms with van der Waals surface area (Å²) in [4.78, 5) is 52.2. The number of methoxy groups -OCH3 is 1. The van der Waals surface area contributed by atoms with Crippen LogP contribution in [0.1, 0.15) is 25.3 Å². The number of hydrogen-bond acceptors (Lipinski definition) is 6. The number of benzene rings is 2. The summed E-state index contributed by atoms with van der Waals surface area (Å²) in [7, 11) is 1.56. The lowest BCUT2D eigenvalue weighted by Gasteiger charge is -2.26. The highest BCUT2D eigenvalue weighted by molar-refractivity contribution is 6.23. The minimum absolute atomic E-state index is 0.121. The van der Waals surface area contributed by atoms with Gasteiger partial charge in [0.2, 0.25) is 11.8 Å². The summed E-state index contributed by atoms with van der Waals surface area (Å²) in [5.74, 6) is -1.60. The molecule has 3 rings (SSSR count). The van der Waals surface area contributed by atoms with E-state index in [0.717, 1.165) is 29.0 Å². The van der Waals surface area contributed by atoms with Crippen LogP contribution in [0.3, 0.4) is 0 Å². The van der Waals surface area contributed by atoms with Gasteiger partial charge in [0.1, 0.15) is 17.5 Å². The van der Waals surface area contributed by atoms with E-state index in [1.54, 1.807) is 43.5 Å². The van der Waals surface area contributed by atoms with E-state index in [0.29, 0.717) is 30.2 Å². The quantitative estimate of drug-likeness (QED) is 0.389.